The molecule has 0 N–H and O–H groups in total. The molecule has 0 fully saturated rings. The Morgan fingerprint density at radius 3 is 2.59 bits per heavy atom. The van der Waals surface area contributed by atoms with Crippen LogP contribution in [0.15, 0.2) is 60.7 Å². The first-order chi connectivity index (χ1) is 10.8. The lowest BCUT2D eigenvalue weighted by Gasteiger charge is -2.00. The summed E-state index contributed by atoms with van der Waals surface area (Å²) in [6.07, 6.45) is 0. The van der Waals surface area contributed by atoms with Crippen molar-refractivity contribution in [2.45, 2.75) is 5.33 Å². The van der Waals surface area contributed by atoms with Gasteiger partial charge in [0.25, 0.3) is 0 Å². The maximum atomic E-state index is 4.75. The highest BCUT2D eigenvalue weighted by Crippen LogP contribution is 2.38. The van der Waals surface area contributed by atoms with E-state index in [0.29, 0.717) is 0 Å². The molecule has 0 radical (unpaired) electrons. The second-order valence-electron chi connectivity index (χ2n) is 4.98. The number of halogens is 1. The van der Waals surface area contributed by atoms with E-state index in [1.807, 2.05) is 6.07 Å². The van der Waals surface area contributed by atoms with Gasteiger partial charge >= 0.3 is 0 Å². The predicted molar refractivity (Wildman–Crippen MR) is 101 cm³/mol. The topological polar surface area (TPSA) is 12.9 Å². The third-order valence-corrected chi connectivity index (χ3v) is 6.46. The van der Waals surface area contributed by atoms with Gasteiger partial charge in [-0.15, -0.1) is 22.7 Å². The van der Waals surface area contributed by atoms with E-state index in [1.165, 1.54) is 25.6 Å². The van der Waals surface area contributed by atoms with Gasteiger partial charge in [0.15, 0.2) is 0 Å². The Bertz CT molecular complexity index is 906. The van der Waals surface area contributed by atoms with E-state index >= 15 is 0 Å². The van der Waals surface area contributed by atoms with Gasteiger partial charge in [-0.1, -0.05) is 46.3 Å². The van der Waals surface area contributed by atoms with Crippen molar-refractivity contribution in [3.8, 4) is 20.3 Å². The second-order valence-corrected chi connectivity index (χ2v) is 7.66. The second kappa shape index (κ2) is 5.95. The summed E-state index contributed by atoms with van der Waals surface area (Å²) in [7, 11) is 0. The summed E-state index contributed by atoms with van der Waals surface area (Å²) >= 11 is 7.09. The molecule has 0 aliphatic rings. The SMILES string of the molecule is BrCc1cccc(-c2ccc(-c3nc4ccccc4s3)s2)c1. The zero-order valence-corrected chi connectivity index (χ0v) is 14.8. The summed E-state index contributed by atoms with van der Waals surface area (Å²) in [4.78, 5) is 7.27. The minimum atomic E-state index is 0.886. The number of fused-ring (bicyclic) bond motifs is 1. The van der Waals surface area contributed by atoms with E-state index in [0.717, 1.165) is 15.9 Å². The first kappa shape index (κ1) is 14.1. The van der Waals surface area contributed by atoms with Crippen molar-refractivity contribution >= 4 is 48.8 Å². The molecule has 0 aliphatic carbocycles. The number of alkyl halides is 1. The summed E-state index contributed by atoms with van der Waals surface area (Å²) in [5.41, 5.74) is 3.65. The maximum absolute atomic E-state index is 4.75. The summed E-state index contributed by atoms with van der Waals surface area (Å²) in [6, 6.07) is 21.3. The Labute approximate surface area is 145 Å². The van der Waals surface area contributed by atoms with Gasteiger partial charge in [0.05, 0.1) is 15.1 Å². The predicted octanol–water partition coefficient (Wildman–Crippen LogP) is 6.59. The quantitative estimate of drug-likeness (QED) is 0.362. The Kier molecular flexibility index (Phi) is 3.82. The zero-order chi connectivity index (χ0) is 14.9. The first-order valence-electron chi connectivity index (χ1n) is 6.94. The molecule has 2 aromatic carbocycles. The largest absolute Gasteiger partial charge is 0.235 e. The minimum Gasteiger partial charge on any atom is -0.235 e. The molecular weight excluding hydrogens is 374 g/mol. The molecule has 4 rings (SSSR count). The Hall–Kier alpha value is -1.49. The van der Waals surface area contributed by atoms with Crippen LogP contribution in [0.5, 0.6) is 0 Å². The zero-order valence-electron chi connectivity index (χ0n) is 11.6. The highest BCUT2D eigenvalue weighted by atomic mass is 79.9. The molecule has 0 spiro atoms. The molecule has 1 nitrogen and oxygen atoms in total. The van der Waals surface area contributed by atoms with E-state index in [1.54, 1.807) is 22.7 Å². The van der Waals surface area contributed by atoms with Crippen molar-refractivity contribution in [3.05, 3.63) is 66.2 Å². The summed E-state index contributed by atoms with van der Waals surface area (Å²) in [6.45, 7) is 0. The van der Waals surface area contributed by atoms with Crippen LogP contribution in [0.25, 0.3) is 30.5 Å². The normalized spacial score (nSPS) is 11.1. The number of rotatable bonds is 3. The molecule has 22 heavy (non-hydrogen) atoms. The van der Waals surface area contributed by atoms with Gasteiger partial charge in [0.1, 0.15) is 5.01 Å². The highest BCUT2D eigenvalue weighted by molar-refractivity contribution is 9.08. The number of aromatic nitrogens is 1. The molecule has 0 amide bonds. The van der Waals surface area contributed by atoms with E-state index in [-0.39, 0.29) is 0 Å². The summed E-state index contributed by atoms with van der Waals surface area (Å²) < 4.78 is 1.24. The highest BCUT2D eigenvalue weighted by Gasteiger charge is 2.10. The number of nitrogens with zero attached hydrogens (tertiary/aromatic N) is 1. The third-order valence-electron chi connectivity index (χ3n) is 3.48. The van der Waals surface area contributed by atoms with Gasteiger partial charge in [-0.05, 0) is 41.5 Å². The van der Waals surface area contributed by atoms with Crippen molar-refractivity contribution in [1.82, 2.24) is 4.98 Å². The maximum Gasteiger partial charge on any atom is 0.134 e. The molecule has 0 atom stereocenters. The van der Waals surface area contributed by atoms with E-state index in [4.69, 9.17) is 4.98 Å². The van der Waals surface area contributed by atoms with Crippen LogP contribution in [-0.2, 0) is 5.33 Å². The lowest BCUT2D eigenvalue weighted by atomic mass is 10.1. The van der Waals surface area contributed by atoms with Crippen LogP contribution in [0.1, 0.15) is 5.56 Å². The van der Waals surface area contributed by atoms with Crippen LogP contribution in [0.3, 0.4) is 0 Å². The van der Waals surface area contributed by atoms with Crippen molar-refractivity contribution in [2.75, 3.05) is 0 Å². The number of benzene rings is 2. The number of para-hydroxylation sites is 1. The summed E-state index contributed by atoms with van der Waals surface area (Å²) in [5.74, 6) is 0. The molecule has 2 heterocycles. The van der Waals surface area contributed by atoms with Crippen molar-refractivity contribution in [1.29, 1.82) is 0 Å². The minimum absolute atomic E-state index is 0.886. The van der Waals surface area contributed by atoms with Crippen LogP contribution < -0.4 is 0 Å². The smallest absolute Gasteiger partial charge is 0.134 e. The molecule has 0 bridgehead atoms. The van der Waals surface area contributed by atoms with Crippen LogP contribution in [0, 0.1) is 0 Å². The molecule has 0 saturated carbocycles. The van der Waals surface area contributed by atoms with Gasteiger partial charge in [0.2, 0.25) is 0 Å². The molecule has 4 heteroatoms. The molecule has 2 aromatic heterocycles. The molecule has 0 saturated heterocycles. The van der Waals surface area contributed by atoms with Gasteiger partial charge in [-0.25, -0.2) is 4.98 Å². The Balaban J connectivity index is 1.74. The van der Waals surface area contributed by atoms with Crippen molar-refractivity contribution in [2.24, 2.45) is 0 Å². The van der Waals surface area contributed by atoms with Gasteiger partial charge < -0.3 is 0 Å². The van der Waals surface area contributed by atoms with Crippen LogP contribution in [-0.4, -0.2) is 4.98 Å². The van der Waals surface area contributed by atoms with Crippen molar-refractivity contribution in [3.63, 3.8) is 0 Å². The molecule has 4 aromatic rings. The fourth-order valence-electron chi connectivity index (χ4n) is 2.39. The molecule has 108 valence electrons. The van der Waals surface area contributed by atoms with Gasteiger partial charge in [-0.3, -0.25) is 0 Å². The van der Waals surface area contributed by atoms with E-state index in [9.17, 15) is 0 Å². The lowest BCUT2D eigenvalue weighted by Crippen LogP contribution is -1.77. The average Bonchev–Trinajstić information content (AvgIpc) is 3.21. The van der Waals surface area contributed by atoms with Crippen molar-refractivity contribution < 1.29 is 0 Å². The average molecular weight is 386 g/mol. The fraction of sp³-hybridized carbons (Fsp3) is 0.0556. The fourth-order valence-corrected chi connectivity index (χ4v) is 4.76. The van der Waals surface area contributed by atoms with Crippen LogP contribution in [0.2, 0.25) is 0 Å². The van der Waals surface area contributed by atoms with Gasteiger partial charge in [-0.2, -0.15) is 0 Å². The Morgan fingerprint density at radius 1 is 0.864 bits per heavy atom. The molecule has 0 aliphatic heterocycles. The number of hydrogen-bond donors (Lipinski definition) is 0. The van der Waals surface area contributed by atoms with E-state index in [2.05, 4.69) is 70.5 Å². The molecule has 0 unspecified atom stereocenters. The lowest BCUT2D eigenvalue weighted by molar-refractivity contribution is 1.44. The number of hydrogen-bond acceptors (Lipinski definition) is 3. The monoisotopic (exact) mass is 385 g/mol. The number of thiazole rings is 1. The first-order valence-corrected chi connectivity index (χ1v) is 9.70. The van der Waals surface area contributed by atoms with Gasteiger partial charge in [0, 0.05) is 10.2 Å². The van der Waals surface area contributed by atoms with E-state index < -0.39 is 0 Å². The standard InChI is InChI=1S/C18H12BrNS2/c19-11-12-4-3-5-13(10-12)15-8-9-17(21-15)18-20-14-6-1-2-7-16(14)22-18/h1-10H,11H2. The molecular formula is C18H12BrNS2. The Morgan fingerprint density at radius 2 is 1.73 bits per heavy atom. The third kappa shape index (κ3) is 2.62. The number of thiophene rings is 1. The summed E-state index contributed by atoms with van der Waals surface area (Å²) in [5, 5.41) is 1.99. The van der Waals surface area contributed by atoms with Crippen LogP contribution in [0.4, 0.5) is 0 Å². The van der Waals surface area contributed by atoms with Crippen LogP contribution >= 0.6 is 38.6 Å².